The molecule has 2 amide bonds. The summed E-state index contributed by atoms with van der Waals surface area (Å²) < 4.78 is 5.94. The SMILES string of the molecule is O=C1NCCCC[C@@H]1N(Cc1cccc(OCCc2ccsc2)c1)C(=O)c1ccccn1. The molecule has 1 saturated heterocycles. The van der Waals surface area contributed by atoms with Gasteiger partial charge in [0.1, 0.15) is 17.5 Å². The van der Waals surface area contributed by atoms with E-state index in [0.29, 0.717) is 31.8 Å². The van der Waals surface area contributed by atoms with Crippen LogP contribution in [-0.2, 0) is 17.8 Å². The van der Waals surface area contributed by atoms with E-state index in [1.54, 1.807) is 40.6 Å². The van der Waals surface area contributed by atoms with Crippen LogP contribution in [0.2, 0.25) is 0 Å². The minimum absolute atomic E-state index is 0.102. The van der Waals surface area contributed by atoms with Gasteiger partial charge in [-0.2, -0.15) is 11.3 Å². The van der Waals surface area contributed by atoms with Crippen molar-refractivity contribution in [1.29, 1.82) is 0 Å². The van der Waals surface area contributed by atoms with Gasteiger partial charge in [-0.25, -0.2) is 0 Å². The highest BCUT2D eigenvalue weighted by Crippen LogP contribution is 2.21. The van der Waals surface area contributed by atoms with Gasteiger partial charge in [-0.15, -0.1) is 0 Å². The van der Waals surface area contributed by atoms with E-state index in [1.165, 1.54) is 5.56 Å². The number of benzene rings is 1. The first-order chi connectivity index (χ1) is 15.7. The Morgan fingerprint density at radius 1 is 1.16 bits per heavy atom. The summed E-state index contributed by atoms with van der Waals surface area (Å²) in [6, 6.07) is 14.6. The lowest BCUT2D eigenvalue weighted by molar-refractivity contribution is -0.125. The maximum Gasteiger partial charge on any atom is 0.273 e. The standard InChI is InChI=1S/C25H27N3O3S/c29-24-23(9-2-4-13-27-24)28(25(30)22-8-1-3-12-26-22)17-20-6-5-7-21(16-20)31-14-10-19-11-15-32-18-19/h1,3,5-8,11-12,15-16,18,23H,2,4,9-10,13-14,17H2,(H,27,29)/t23-/m0/s1. The second kappa shape index (κ2) is 10.9. The van der Waals surface area contributed by atoms with Gasteiger partial charge in [0.25, 0.3) is 5.91 Å². The normalized spacial score (nSPS) is 16.1. The van der Waals surface area contributed by atoms with E-state index in [0.717, 1.165) is 30.6 Å². The molecule has 2 aromatic heterocycles. The predicted molar refractivity (Wildman–Crippen MR) is 125 cm³/mol. The number of nitrogens with one attached hydrogen (secondary N) is 1. The minimum atomic E-state index is -0.518. The van der Waals surface area contributed by atoms with Crippen molar-refractivity contribution in [3.8, 4) is 5.75 Å². The first-order valence-electron chi connectivity index (χ1n) is 10.9. The van der Waals surface area contributed by atoms with Gasteiger partial charge in [-0.05, 0) is 71.5 Å². The number of nitrogens with zero attached hydrogens (tertiary/aromatic N) is 2. The van der Waals surface area contributed by atoms with Crippen molar-refractivity contribution in [2.75, 3.05) is 13.2 Å². The van der Waals surface area contributed by atoms with Crippen LogP contribution in [0.25, 0.3) is 0 Å². The molecule has 0 aliphatic carbocycles. The summed E-state index contributed by atoms with van der Waals surface area (Å²) in [6.07, 6.45) is 4.89. The molecule has 6 nitrogen and oxygen atoms in total. The van der Waals surface area contributed by atoms with Crippen molar-refractivity contribution < 1.29 is 14.3 Å². The second-order valence-electron chi connectivity index (χ2n) is 7.83. The number of carbonyl (C=O) groups excluding carboxylic acids is 2. The quantitative estimate of drug-likeness (QED) is 0.563. The molecule has 4 rings (SSSR count). The summed E-state index contributed by atoms with van der Waals surface area (Å²) in [5.74, 6) is 0.416. The molecule has 1 fully saturated rings. The van der Waals surface area contributed by atoms with Gasteiger partial charge in [0, 0.05) is 25.7 Å². The van der Waals surface area contributed by atoms with Crippen LogP contribution in [0.1, 0.15) is 40.9 Å². The molecule has 0 saturated carbocycles. The molecule has 3 aromatic rings. The average Bonchev–Trinajstić information content (AvgIpc) is 3.25. The maximum atomic E-state index is 13.3. The Balaban J connectivity index is 1.51. The highest BCUT2D eigenvalue weighted by molar-refractivity contribution is 7.07. The van der Waals surface area contributed by atoms with Crippen LogP contribution in [0.5, 0.6) is 5.75 Å². The topological polar surface area (TPSA) is 71.5 Å². The molecular formula is C25H27N3O3S. The molecular weight excluding hydrogens is 422 g/mol. The van der Waals surface area contributed by atoms with Crippen molar-refractivity contribution in [3.05, 3.63) is 82.3 Å². The van der Waals surface area contributed by atoms with Gasteiger partial charge in [0.15, 0.2) is 0 Å². The molecule has 3 heterocycles. The van der Waals surface area contributed by atoms with E-state index in [2.05, 4.69) is 27.1 Å². The fourth-order valence-corrected chi connectivity index (χ4v) is 4.54. The van der Waals surface area contributed by atoms with Gasteiger partial charge in [-0.1, -0.05) is 18.2 Å². The van der Waals surface area contributed by atoms with Crippen molar-refractivity contribution in [2.45, 2.75) is 38.3 Å². The molecule has 0 unspecified atom stereocenters. The van der Waals surface area contributed by atoms with E-state index < -0.39 is 6.04 Å². The van der Waals surface area contributed by atoms with Crippen molar-refractivity contribution in [2.24, 2.45) is 0 Å². The number of carbonyl (C=O) groups is 2. The van der Waals surface area contributed by atoms with Crippen LogP contribution >= 0.6 is 11.3 Å². The first kappa shape index (κ1) is 22.0. The zero-order valence-electron chi connectivity index (χ0n) is 17.9. The lowest BCUT2D eigenvalue weighted by Crippen LogP contribution is -2.48. The summed E-state index contributed by atoms with van der Waals surface area (Å²) in [5.41, 5.74) is 2.52. The van der Waals surface area contributed by atoms with Crippen LogP contribution in [0.4, 0.5) is 0 Å². The Labute approximate surface area is 192 Å². The van der Waals surface area contributed by atoms with Crippen molar-refractivity contribution in [3.63, 3.8) is 0 Å². The molecule has 0 radical (unpaired) electrons. The lowest BCUT2D eigenvalue weighted by Gasteiger charge is -2.30. The number of amides is 2. The van der Waals surface area contributed by atoms with Gasteiger partial charge in [-0.3, -0.25) is 14.6 Å². The Hall–Kier alpha value is -3.19. The lowest BCUT2D eigenvalue weighted by atomic mass is 10.1. The maximum absolute atomic E-state index is 13.3. The summed E-state index contributed by atoms with van der Waals surface area (Å²) in [4.78, 5) is 32.0. The van der Waals surface area contributed by atoms with Crippen LogP contribution in [0.15, 0.2) is 65.5 Å². The smallest absolute Gasteiger partial charge is 0.273 e. The number of pyridine rings is 1. The highest BCUT2D eigenvalue weighted by atomic mass is 32.1. The fourth-order valence-electron chi connectivity index (χ4n) is 3.83. The molecule has 7 heteroatoms. The van der Waals surface area contributed by atoms with Crippen LogP contribution in [0.3, 0.4) is 0 Å². The first-order valence-corrected chi connectivity index (χ1v) is 11.9. The molecule has 0 spiro atoms. The summed E-state index contributed by atoms with van der Waals surface area (Å²) in [6.45, 7) is 1.55. The zero-order chi connectivity index (χ0) is 22.2. The van der Waals surface area contributed by atoms with Crippen LogP contribution in [0, 0.1) is 0 Å². The van der Waals surface area contributed by atoms with E-state index in [4.69, 9.17) is 4.74 Å². The number of hydrogen-bond acceptors (Lipinski definition) is 5. The van der Waals surface area contributed by atoms with Crippen molar-refractivity contribution in [1.82, 2.24) is 15.2 Å². The summed E-state index contributed by atoms with van der Waals surface area (Å²) >= 11 is 1.68. The number of ether oxygens (including phenoxy) is 1. The largest absolute Gasteiger partial charge is 0.493 e. The number of hydrogen-bond donors (Lipinski definition) is 1. The van der Waals surface area contributed by atoms with Crippen molar-refractivity contribution >= 4 is 23.2 Å². The molecule has 1 atom stereocenters. The monoisotopic (exact) mass is 449 g/mol. The predicted octanol–water partition coefficient (Wildman–Crippen LogP) is 4.08. The van der Waals surface area contributed by atoms with Crippen LogP contribution < -0.4 is 10.1 Å². The van der Waals surface area contributed by atoms with Gasteiger partial charge < -0.3 is 15.0 Å². The molecule has 0 bridgehead atoms. The number of thiophene rings is 1. The Bertz CT molecular complexity index is 1020. The molecule has 1 aliphatic rings. The number of aromatic nitrogens is 1. The molecule has 166 valence electrons. The molecule has 1 aliphatic heterocycles. The van der Waals surface area contributed by atoms with E-state index in [-0.39, 0.29) is 11.8 Å². The molecule has 1 N–H and O–H groups in total. The summed E-state index contributed by atoms with van der Waals surface area (Å²) in [5, 5.41) is 7.13. The van der Waals surface area contributed by atoms with E-state index in [9.17, 15) is 9.59 Å². The minimum Gasteiger partial charge on any atom is -0.493 e. The van der Waals surface area contributed by atoms with Gasteiger partial charge >= 0.3 is 0 Å². The van der Waals surface area contributed by atoms with Crippen LogP contribution in [-0.4, -0.2) is 40.9 Å². The Morgan fingerprint density at radius 2 is 2.09 bits per heavy atom. The Kier molecular flexibility index (Phi) is 7.51. The zero-order valence-corrected chi connectivity index (χ0v) is 18.7. The van der Waals surface area contributed by atoms with E-state index in [1.807, 2.05) is 24.3 Å². The van der Waals surface area contributed by atoms with E-state index >= 15 is 0 Å². The average molecular weight is 450 g/mol. The fraction of sp³-hybridized carbons (Fsp3) is 0.320. The van der Waals surface area contributed by atoms with Gasteiger partial charge in [0.05, 0.1) is 6.61 Å². The molecule has 1 aromatic carbocycles. The Morgan fingerprint density at radius 3 is 2.91 bits per heavy atom. The third-order valence-corrected chi connectivity index (χ3v) is 6.25. The molecule has 32 heavy (non-hydrogen) atoms. The number of rotatable bonds is 8. The summed E-state index contributed by atoms with van der Waals surface area (Å²) in [7, 11) is 0. The second-order valence-corrected chi connectivity index (χ2v) is 8.61. The van der Waals surface area contributed by atoms with Gasteiger partial charge in [0.2, 0.25) is 5.91 Å². The third kappa shape index (κ3) is 5.73. The highest BCUT2D eigenvalue weighted by Gasteiger charge is 2.32. The third-order valence-electron chi connectivity index (χ3n) is 5.52.